The molecule has 1 aromatic rings. The van der Waals surface area contributed by atoms with Gasteiger partial charge in [-0.15, -0.1) is 0 Å². The van der Waals surface area contributed by atoms with Crippen LogP contribution in [-0.2, 0) is 4.74 Å². The van der Waals surface area contributed by atoms with Gasteiger partial charge in [-0.3, -0.25) is 0 Å². The SMILES string of the molecule is COc1c(C2CNCCO2)cc(Br)c(F)c1OC. The van der Waals surface area contributed by atoms with Gasteiger partial charge >= 0.3 is 0 Å². The third kappa shape index (κ3) is 2.46. The highest BCUT2D eigenvalue weighted by Gasteiger charge is 2.26. The Kier molecular flexibility index (Phi) is 4.42. The van der Waals surface area contributed by atoms with Crippen LogP contribution in [0.1, 0.15) is 11.7 Å². The molecule has 0 aromatic heterocycles. The molecule has 1 fully saturated rings. The summed E-state index contributed by atoms with van der Waals surface area (Å²) in [6, 6.07) is 1.67. The number of rotatable bonds is 3. The van der Waals surface area contributed by atoms with Crippen LogP contribution in [0.2, 0.25) is 0 Å². The Morgan fingerprint density at radius 1 is 1.39 bits per heavy atom. The van der Waals surface area contributed by atoms with Crippen LogP contribution in [0, 0.1) is 5.82 Å². The van der Waals surface area contributed by atoms with Crippen molar-refractivity contribution < 1.29 is 18.6 Å². The van der Waals surface area contributed by atoms with E-state index in [1.165, 1.54) is 14.2 Å². The Morgan fingerprint density at radius 3 is 2.67 bits per heavy atom. The van der Waals surface area contributed by atoms with Crippen molar-refractivity contribution in [2.24, 2.45) is 0 Å². The maximum Gasteiger partial charge on any atom is 0.198 e. The van der Waals surface area contributed by atoms with Crippen LogP contribution in [-0.4, -0.2) is 33.9 Å². The summed E-state index contributed by atoms with van der Waals surface area (Å²) in [4.78, 5) is 0. The lowest BCUT2D eigenvalue weighted by atomic mass is 10.1. The van der Waals surface area contributed by atoms with Crippen molar-refractivity contribution in [2.45, 2.75) is 6.10 Å². The Balaban J connectivity index is 2.47. The first-order valence-corrected chi connectivity index (χ1v) is 6.40. The lowest BCUT2D eigenvalue weighted by Gasteiger charge is -2.26. The summed E-state index contributed by atoms with van der Waals surface area (Å²) >= 11 is 3.18. The molecule has 0 spiro atoms. The molecule has 1 unspecified atom stereocenters. The fourth-order valence-corrected chi connectivity index (χ4v) is 2.43. The van der Waals surface area contributed by atoms with Gasteiger partial charge in [-0.1, -0.05) is 0 Å². The second kappa shape index (κ2) is 5.86. The fraction of sp³-hybridized carbons (Fsp3) is 0.500. The number of ether oxygens (including phenoxy) is 3. The molecule has 100 valence electrons. The zero-order valence-electron chi connectivity index (χ0n) is 10.3. The van der Waals surface area contributed by atoms with Gasteiger partial charge in [0.25, 0.3) is 0 Å². The van der Waals surface area contributed by atoms with Crippen LogP contribution >= 0.6 is 15.9 Å². The van der Waals surface area contributed by atoms with Crippen molar-refractivity contribution in [3.63, 3.8) is 0 Å². The molecule has 0 amide bonds. The van der Waals surface area contributed by atoms with E-state index >= 15 is 0 Å². The van der Waals surface area contributed by atoms with E-state index in [1.54, 1.807) is 6.07 Å². The lowest BCUT2D eigenvalue weighted by molar-refractivity contribution is 0.0259. The topological polar surface area (TPSA) is 39.7 Å². The number of methoxy groups -OCH3 is 2. The first kappa shape index (κ1) is 13.6. The van der Waals surface area contributed by atoms with Crippen molar-refractivity contribution in [3.8, 4) is 11.5 Å². The second-order valence-corrected chi connectivity index (χ2v) is 4.75. The van der Waals surface area contributed by atoms with Gasteiger partial charge in [0.1, 0.15) is 0 Å². The van der Waals surface area contributed by atoms with Gasteiger partial charge in [0.05, 0.1) is 31.4 Å². The molecular formula is C12H15BrFNO3. The average Bonchev–Trinajstić information content (AvgIpc) is 2.42. The van der Waals surface area contributed by atoms with Gasteiger partial charge in [0.2, 0.25) is 0 Å². The molecule has 1 aliphatic rings. The van der Waals surface area contributed by atoms with Gasteiger partial charge in [-0.2, -0.15) is 0 Å². The Labute approximate surface area is 114 Å². The van der Waals surface area contributed by atoms with E-state index in [9.17, 15) is 4.39 Å². The third-order valence-electron chi connectivity index (χ3n) is 2.84. The zero-order chi connectivity index (χ0) is 13.1. The largest absolute Gasteiger partial charge is 0.492 e. The highest BCUT2D eigenvalue weighted by Crippen LogP contribution is 2.41. The molecule has 18 heavy (non-hydrogen) atoms. The van der Waals surface area contributed by atoms with E-state index in [0.29, 0.717) is 23.4 Å². The number of hydrogen-bond donors (Lipinski definition) is 1. The average molecular weight is 320 g/mol. The quantitative estimate of drug-likeness (QED) is 0.927. The molecule has 1 aliphatic heterocycles. The van der Waals surface area contributed by atoms with Crippen LogP contribution in [0.4, 0.5) is 4.39 Å². The Morgan fingerprint density at radius 2 is 2.11 bits per heavy atom. The van der Waals surface area contributed by atoms with E-state index < -0.39 is 5.82 Å². The maximum absolute atomic E-state index is 13.9. The predicted octanol–water partition coefficient (Wildman–Crippen LogP) is 2.27. The minimum absolute atomic E-state index is 0.0936. The first-order chi connectivity index (χ1) is 8.69. The van der Waals surface area contributed by atoms with Crippen molar-refractivity contribution in [3.05, 3.63) is 21.9 Å². The molecule has 0 saturated carbocycles. The van der Waals surface area contributed by atoms with E-state index in [1.807, 2.05) is 0 Å². The van der Waals surface area contributed by atoms with Crippen LogP contribution in [0.25, 0.3) is 0 Å². The van der Waals surface area contributed by atoms with Gasteiger partial charge in [0, 0.05) is 18.7 Å². The molecule has 0 aliphatic carbocycles. The summed E-state index contributed by atoms with van der Waals surface area (Å²) in [5.74, 6) is 0.00446. The van der Waals surface area contributed by atoms with Crippen LogP contribution < -0.4 is 14.8 Å². The molecule has 1 heterocycles. The predicted molar refractivity (Wildman–Crippen MR) is 68.8 cm³/mol. The molecule has 2 rings (SSSR count). The highest BCUT2D eigenvalue weighted by atomic mass is 79.9. The summed E-state index contributed by atoms with van der Waals surface area (Å²) in [6.07, 6.45) is -0.167. The maximum atomic E-state index is 13.9. The summed E-state index contributed by atoms with van der Waals surface area (Å²) in [7, 11) is 2.90. The summed E-state index contributed by atoms with van der Waals surface area (Å²) < 4.78 is 30.2. The van der Waals surface area contributed by atoms with Gasteiger partial charge in [0.15, 0.2) is 17.3 Å². The Hall–Kier alpha value is -0.850. The normalized spacial score (nSPS) is 19.7. The second-order valence-electron chi connectivity index (χ2n) is 3.89. The molecule has 1 atom stereocenters. The minimum Gasteiger partial charge on any atom is -0.492 e. The summed E-state index contributed by atoms with van der Waals surface area (Å²) in [5, 5.41) is 3.23. The molecule has 6 heteroatoms. The summed E-state index contributed by atoms with van der Waals surface area (Å²) in [6.45, 7) is 2.10. The van der Waals surface area contributed by atoms with Crippen molar-refractivity contribution in [1.82, 2.24) is 5.32 Å². The molecular weight excluding hydrogens is 305 g/mol. The van der Waals surface area contributed by atoms with E-state index in [-0.39, 0.29) is 11.9 Å². The fourth-order valence-electron chi connectivity index (χ4n) is 2.00. The van der Waals surface area contributed by atoms with Gasteiger partial charge < -0.3 is 19.5 Å². The third-order valence-corrected chi connectivity index (χ3v) is 3.42. The van der Waals surface area contributed by atoms with Crippen molar-refractivity contribution in [1.29, 1.82) is 0 Å². The van der Waals surface area contributed by atoms with Crippen LogP contribution in [0.5, 0.6) is 11.5 Å². The molecule has 0 radical (unpaired) electrons. The zero-order valence-corrected chi connectivity index (χ0v) is 11.8. The Bertz CT molecular complexity index is 436. The molecule has 4 nitrogen and oxygen atoms in total. The smallest absolute Gasteiger partial charge is 0.198 e. The number of hydrogen-bond acceptors (Lipinski definition) is 4. The van der Waals surface area contributed by atoms with E-state index in [2.05, 4.69) is 21.2 Å². The number of morpholine rings is 1. The van der Waals surface area contributed by atoms with Gasteiger partial charge in [-0.05, 0) is 22.0 Å². The standard InChI is InChI=1S/C12H15BrFNO3/c1-16-11-7(9-6-15-3-4-18-9)5-8(13)10(14)12(11)17-2/h5,9,15H,3-4,6H2,1-2H3. The minimum atomic E-state index is -0.470. The monoisotopic (exact) mass is 319 g/mol. The van der Waals surface area contributed by atoms with Crippen molar-refractivity contribution >= 4 is 15.9 Å². The van der Waals surface area contributed by atoms with Gasteiger partial charge in [-0.25, -0.2) is 4.39 Å². The lowest BCUT2D eigenvalue weighted by Crippen LogP contribution is -2.33. The number of nitrogens with one attached hydrogen (secondary N) is 1. The molecule has 1 saturated heterocycles. The molecule has 0 bridgehead atoms. The highest BCUT2D eigenvalue weighted by molar-refractivity contribution is 9.10. The van der Waals surface area contributed by atoms with Crippen LogP contribution in [0.15, 0.2) is 10.5 Å². The van der Waals surface area contributed by atoms with E-state index in [0.717, 1.165) is 12.1 Å². The molecule has 1 aromatic carbocycles. The van der Waals surface area contributed by atoms with E-state index in [4.69, 9.17) is 14.2 Å². The van der Waals surface area contributed by atoms with Crippen molar-refractivity contribution in [2.75, 3.05) is 33.9 Å². The summed E-state index contributed by atoms with van der Waals surface area (Å²) in [5.41, 5.74) is 0.773. The number of halogens is 2. The molecule has 1 N–H and O–H groups in total. The number of benzene rings is 1. The first-order valence-electron chi connectivity index (χ1n) is 5.61. The van der Waals surface area contributed by atoms with Crippen LogP contribution in [0.3, 0.4) is 0 Å².